The van der Waals surface area contributed by atoms with Crippen molar-refractivity contribution >= 4 is 0 Å². The van der Waals surface area contributed by atoms with E-state index in [0.29, 0.717) is 6.04 Å². The molecule has 15 heavy (non-hydrogen) atoms. The van der Waals surface area contributed by atoms with E-state index >= 15 is 0 Å². The van der Waals surface area contributed by atoms with Crippen LogP contribution in [-0.2, 0) is 0 Å². The summed E-state index contributed by atoms with van der Waals surface area (Å²) in [5, 5.41) is 3.55. The molecule has 90 valence electrons. The summed E-state index contributed by atoms with van der Waals surface area (Å²) >= 11 is 0. The van der Waals surface area contributed by atoms with Crippen LogP contribution in [0.15, 0.2) is 0 Å². The van der Waals surface area contributed by atoms with Crippen LogP contribution in [0.2, 0.25) is 0 Å². The molecule has 0 aliphatic heterocycles. The summed E-state index contributed by atoms with van der Waals surface area (Å²) in [5.41, 5.74) is 0. The topological polar surface area (TPSA) is 15.3 Å². The van der Waals surface area contributed by atoms with E-state index in [4.69, 9.17) is 0 Å². The second-order valence-corrected chi connectivity index (χ2v) is 5.23. The van der Waals surface area contributed by atoms with Gasteiger partial charge in [0.15, 0.2) is 0 Å². The minimum Gasteiger partial charge on any atom is -0.313 e. The van der Waals surface area contributed by atoms with Gasteiger partial charge in [0.1, 0.15) is 0 Å². The number of hydrogen-bond donors (Lipinski definition) is 1. The molecular formula is C13H28N2. The lowest BCUT2D eigenvalue weighted by molar-refractivity contribution is 0.254. The van der Waals surface area contributed by atoms with E-state index in [9.17, 15) is 0 Å². The van der Waals surface area contributed by atoms with E-state index in [0.717, 1.165) is 12.5 Å². The average Bonchev–Trinajstić information content (AvgIpc) is 2.67. The SMILES string of the molecule is CCCNC(C)CN(C)CC1CCCC1. The van der Waals surface area contributed by atoms with Crippen molar-refractivity contribution in [2.75, 3.05) is 26.7 Å². The van der Waals surface area contributed by atoms with Crippen LogP contribution >= 0.6 is 0 Å². The monoisotopic (exact) mass is 212 g/mol. The largest absolute Gasteiger partial charge is 0.313 e. The molecule has 1 unspecified atom stereocenters. The highest BCUT2D eigenvalue weighted by Crippen LogP contribution is 2.25. The highest BCUT2D eigenvalue weighted by atomic mass is 15.1. The molecule has 1 fully saturated rings. The molecule has 1 atom stereocenters. The maximum atomic E-state index is 3.55. The maximum absolute atomic E-state index is 3.55. The Labute approximate surface area is 95.4 Å². The number of likely N-dealkylation sites (N-methyl/N-ethyl adjacent to an activating group) is 1. The first kappa shape index (κ1) is 13.0. The van der Waals surface area contributed by atoms with Crippen LogP contribution in [0.5, 0.6) is 0 Å². The lowest BCUT2D eigenvalue weighted by Gasteiger charge is -2.24. The summed E-state index contributed by atoms with van der Waals surface area (Å²) in [6.45, 7) is 8.16. The van der Waals surface area contributed by atoms with Gasteiger partial charge in [-0.05, 0) is 45.7 Å². The van der Waals surface area contributed by atoms with Gasteiger partial charge in [-0.25, -0.2) is 0 Å². The van der Waals surface area contributed by atoms with Gasteiger partial charge in [-0.3, -0.25) is 0 Å². The number of nitrogens with one attached hydrogen (secondary N) is 1. The third-order valence-electron chi connectivity index (χ3n) is 3.37. The van der Waals surface area contributed by atoms with Crippen LogP contribution in [0, 0.1) is 5.92 Å². The van der Waals surface area contributed by atoms with Crippen molar-refractivity contribution < 1.29 is 0 Å². The number of hydrogen-bond acceptors (Lipinski definition) is 2. The first-order chi connectivity index (χ1) is 7.22. The van der Waals surface area contributed by atoms with Gasteiger partial charge in [0, 0.05) is 19.1 Å². The second-order valence-electron chi connectivity index (χ2n) is 5.23. The zero-order valence-electron chi connectivity index (χ0n) is 10.8. The molecule has 2 heteroatoms. The smallest absolute Gasteiger partial charge is 0.0166 e. The van der Waals surface area contributed by atoms with Gasteiger partial charge in [0.2, 0.25) is 0 Å². The van der Waals surface area contributed by atoms with Crippen LogP contribution in [0.4, 0.5) is 0 Å². The molecule has 0 heterocycles. The Balaban J connectivity index is 2.08. The van der Waals surface area contributed by atoms with Gasteiger partial charge < -0.3 is 10.2 Å². The Morgan fingerprint density at radius 3 is 2.60 bits per heavy atom. The quantitative estimate of drug-likeness (QED) is 0.697. The Bertz CT molecular complexity index is 153. The Morgan fingerprint density at radius 1 is 1.33 bits per heavy atom. The molecule has 0 amide bonds. The molecule has 0 radical (unpaired) electrons. The van der Waals surface area contributed by atoms with Crippen molar-refractivity contribution in [1.82, 2.24) is 10.2 Å². The summed E-state index contributed by atoms with van der Waals surface area (Å²) in [6.07, 6.45) is 7.07. The Morgan fingerprint density at radius 2 is 2.00 bits per heavy atom. The second kappa shape index (κ2) is 7.24. The molecule has 0 aromatic rings. The molecule has 1 N–H and O–H groups in total. The third kappa shape index (κ3) is 5.53. The molecule has 0 aromatic carbocycles. The van der Waals surface area contributed by atoms with Crippen molar-refractivity contribution in [3.63, 3.8) is 0 Å². The lowest BCUT2D eigenvalue weighted by atomic mass is 10.1. The Kier molecular flexibility index (Phi) is 6.26. The van der Waals surface area contributed by atoms with Gasteiger partial charge in [-0.1, -0.05) is 19.8 Å². The fourth-order valence-corrected chi connectivity index (χ4v) is 2.63. The van der Waals surface area contributed by atoms with Gasteiger partial charge in [-0.15, -0.1) is 0 Å². The number of rotatable bonds is 7. The van der Waals surface area contributed by atoms with Gasteiger partial charge in [0.25, 0.3) is 0 Å². The molecule has 0 aromatic heterocycles. The first-order valence-corrected chi connectivity index (χ1v) is 6.64. The minimum absolute atomic E-state index is 0.636. The van der Waals surface area contributed by atoms with Crippen LogP contribution in [0.1, 0.15) is 46.0 Å². The molecule has 1 rings (SSSR count). The fraction of sp³-hybridized carbons (Fsp3) is 1.00. The standard InChI is InChI=1S/C13H28N2/c1-4-9-14-12(2)10-15(3)11-13-7-5-6-8-13/h12-14H,4-11H2,1-3H3. The average molecular weight is 212 g/mol. The van der Waals surface area contributed by atoms with Crippen molar-refractivity contribution in [3.8, 4) is 0 Å². The molecule has 1 aliphatic rings. The highest BCUT2D eigenvalue weighted by molar-refractivity contribution is 4.72. The predicted molar refractivity (Wildman–Crippen MR) is 67.2 cm³/mol. The molecule has 1 aliphatic carbocycles. The molecule has 1 saturated carbocycles. The molecule has 0 saturated heterocycles. The fourth-order valence-electron chi connectivity index (χ4n) is 2.63. The summed E-state index contributed by atoms with van der Waals surface area (Å²) in [7, 11) is 2.27. The predicted octanol–water partition coefficient (Wildman–Crippen LogP) is 2.50. The van der Waals surface area contributed by atoms with Crippen molar-refractivity contribution in [2.24, 2.45) is 5.92 Å². The van der Waals surface area contributed by atoms with E-state index < -0.39 is 0 Å². The summed E-state index contributed by atoms with van der Waals surface area (Å²) in [4.78, 5) is 2.50. The van der Waals surface area contributed by atoms with E-state index in [2.05, 4.69) is 31.1 Å². The van der Waals surface area contributed by atoms with Gasteiger partial charge >= 0.3 is 0 Å². The van der Waals surface area contributed by atoms with Crippen molar-refractivity contribution in [2.45, 2.75) is 52.0 Å². The van der Waals surface area contributed by atoms with Crippen LogP contribution in [0.25, 0.3) is 0 Å². The zero-order valence-corrected chi connectivity index (χ0v) is 10.8. The first-order valence-electron chi connectivity index (χ1n) is 6.64. The summed E-state index contributed by atoms with van der Waals surface area (Å²) in [6, 6.07) is 0.636. The normalized spacial score (nSPS) is 20.0. The van der Waals surface area contributed by atoms with E-state index in [1.165, 1.54) is 45.2 Å². The lowest BCUT2D eigenvalue weighted by Crippen LogP contribution is -2.39. The van der Waals surface area contributed by atoms with Crippen LogP contribution < -0.4 is 5.32 Å². The van der Waals surface area contributed by atoms with E-state index in [-0.39, 0.29) is 0 Å². The molecule has 0 bridgehead atoms. The number of nitrogens with zero attached hydrogens (tertiary/aromatic N) is 1. The summed E-state index contributed by atoms with van der Waals surface area (Å²) in [5.74, 6) is 0.980. The highest BCUT2D eigenvalue weighted by Gasteiger charge is 2.17. The molecule has 2 nitrogen and oxygen atoms in total. The minimum atomic E-state index is 0.636. The van der Waals surface area contributed by atoms with Crippen molar-refractivity contribution in [1.29, 1.82) is 0 Å². The van der Waals surface area contributed by atoms with E-state index in [1.54, 1.807) is 0 Å². The van der Waals surface area contributed by atoms with E-state index in [1.807, 2.05) is 0 Å². The summed E-state index contributed by atoms with van der Waals surface area (Å²) < 4.78 is 0. The van der Waals surface area contributed by atoms with Crippen molar-refractivity contribution in [3.05, 3.63) is 0 Å². The van der Waals surface area contributed by atoms with Gasteiger partial charge in [0.05, 0.1) is 0 Å². The third-order valence-corrected chi connectivity index (χ3v) is 3.37. The molecule has 0 spiro atoms. The van der Waals surface area contributed by atoms with Gasteiger partial charge in [-0.2, -0.15) is 0 Å². The van der Waals surface area contributed by atoms with Crippen LogP contribution in [0.3, 0.4) is 0 Å². The maximum Gasteiger partial charge on any atom is 0.0166 e. The molecular weight excluding hydrogens is 184 g/mol. The van der Waals surface area contributed by atoms with Crippen LogP contribution in [-0.4, -0.2) is 37.6 Å². The Hall–Kier alpha value is -0.0800. The zero-order chi connectivity index (χ0) is 11.1.